The zero-order chi connectivity index (χ0) is 22.5. The van der Waals surface area contributed by atoms with E-state index in [2.05, 4.69) is 25.4 Å². The SMILES string of the molecule is COc1ccc(CCNc2ncc(-c3cc(C)no3)c(-c3cnc(C)cn3)n2)cc1OC. The molecule has 0 fully saturated rings. The summed E-state index contributed by atoms with van der Waals surface area (Å²) < 4.78 is 16.1. The first-order chi connectivity index (χ1) is 15.6. The molecule has 32 heavy (non-hydrogen) atoms. The van der Waals surface area contributed by atoms with Crippen molar-refractivity contribution < 1.29 is 14.0 Å². The molecule has 0 saturated carbocycles. The summed E-state index contributed by atoms with van der Waals surface area (Å²) in [7, 11) is 3.25. The first-order valence-electron chi connectivity index (χ1n) is 10.1. The van der Waals surface area contributed by atoms with Gasteiger partial charge < -0.3 is 19.3 Å². The van der Waals surface area contributed by atoms with Crippen LogP contribution >= 0.6 is 0 Å². The van der Waals surface area contributed by atoms with Gasteiger partial charge in [0.1, 0.15) is 11.4 Å². The maximum atomic E-state index is 5.44. The van der Waals surface area contributed by atoms with Crippen molar-refractivity contribution in [2.75, 3.05) is 26.1 Å². The van der Waals surface area contributed by atoms with E-state index in [-0.39, 0.29) is 0 Å². The van der Waals surface area contributed by atoms with Crippen molar-refractivity contribution in [2.45, 2.75) is 20.3 Å². The fourth-order valence-electron chi connectivity index (χ4n) is 3.20. The average Bonchev–Trinajstić information content (AvgIpc) is 3.25. The van der Waals surface area contributed by atoms with E-state index in [4.69, 9.17) is 19.0 Å². The Hall–Kier alpha value is -4.01. The molecule has 164 valence electrons. The summed E-state index contributed by atoms with van der Waals surface area (Å²) >= 11 is 0. The Labute approximate surface area is 185 Å². The van der Waals surface area contributed by atoms with E-state index in [1.807, 2.05) is 38.1 Å². The number of rotatable bonds is 8. The highest BCUT2D eigenvalue weighted by Gasteiger charge is 2.16. The summed E-state index contributed by atoms with van der Waals surface area (Å²) in [5, 5.41) is 7.25. The standard InChI is InChI=1S/C23H24N6O3/c1-14-9-20(32-29-14)17-12-27-23(28-22(17)18-13-25-15(2)11-26-18)24-8-7-16-5-6-19(30-3)21(10-16)31-4/h5-6,9-13H,7-8H2,1-4H3,(H,24,27,28). The molecule has 0 amide bonds. The molecular formula is C23H24N6O3. The van der Waals surface area contributed by atoms with Crippen molar-refractivity contribution in [3.63, 3.8) is 0 Å². The molecule has 0 spiro atoms. The number of nitrogens with one attached hydrogen (secondary N) is 1. The number of aromatic nitrogens is 5. The lowest BCUT2D eigenvalue weighted by molar-refractivity contribution is 0.354. The van der Waals surface area contributed by atoms with E-state index in [0.29, 0.717) is 46.7 Å². The number of benzene rings is 1. The average molecular weight is 432 g/mol. The van der Waals surface area contributed by atoms with Gasteiger partial charge in [0.25, 0.3) is 0 Å². The van der Waals surface area contributed by atoms with Crippen LogP contribution in [0.25, 0.3) is 22.7 Å². The van der Waals surface area contributed by atoms with Crippen LogP contribution in [-0.4, -0.2) is 45.9 Å². The van der Waals surface area contributed by atoms with Crippen LogP contribution in [0.5, 0.6) is 11.5 Å². The van der Waals surface area contributed by atoms with Crippen molar-refractivity contribution >= 4 is 5.95 Å². The number of hydrogen-bond donors (Lipinski definition) is 1. The third-order valence-electron chi connectivity index (χ3n) is 4.85. The van der Waals surface area contributed by atoms with Crippen LogP contribution in [0.2, 0.25) is 0 Å². The van der Waals surface area contributed by atoms with Crippen LogP contribution in [0.15, 0.2) is 47.4 Å². The van der Waals surface area contributed by atoms with Gasteiger partial charge in [-0.25, -0.2) is 9.97 Å². The highest BCUT2D eigenvalue weighted by Crippen LogP contribution is 2.30. The Morgan fingerprint density at radius 3 is 2.44 bits per heavy atom. The number of anilines is 1. The van der Waals surface area contributed by atoms with Crippen LogP contribution in [-0.2, 0) is 6.42 Å². The molecule has 0 aliphatic heterocycles. The van der Waals surface area contributed by atoms with Gasteiger partial charge in [-0.1, -0.05) is 11.2 Å². The maximum absolute atomic E-state index is 5.44. The lowest BCUT2D eigenvalue weighted by Crippen LogP contribution is -2.09. The van der Waals surface area contributed by atoms with Crippen molar-refractivity contribution in [1.29, 1.82) is 0 Å². The number of ether oxygens (including phenoxy) is 2. The molecule has 0 bridgehead atoms. The summed E-state index contributed by atoms with van der Waals surface area (Å²) in [6.07, 6.45) is 5.86. The van der Waals surface area contributed by atoms with Gasteiger partial charge in [-0.3, -0.25) is 9.97 Å². The molecule has 1 aromatic carbocycles. The quantitative estimate of drug-likeness (QED) is 0.444. The summed E-state index contributed by atoms with van der Waals surface area (Å²) in [5.41, 5.74) is 4.66. The minimum Gasteiger partial charge on any atom is -0.493 e. The van der Waals surface area contributed by atoms with Gasteiger partial charge in [0.2, 0.25) is 5.95 Å². The minimum atomic E-state index is 0.489. The molecule has 3 heterocycles. The van der Waals surface area contributed by atoms with Crippen molar-refractivity contribution in [3.05, 3.63) is 59.8 Å². The van der Waals surface area contributed by atoms with E-state index in [0.717, 1.165) is 23.4 Å². The Balaban J connectivity index is 1.56. The largest absolute Gasteiger partial charge is 0.493 e. The molecule has 0 radical (unpaired) electrons. The molecule has 0 saturated heterocycles. The van der Waals surface area contributed by atoms with Crippen molar-refractivity contribution in [1.82, 2.24) is 25.1 Å². The highest BCUT2D eigenvalue weighted by atomic mass is 16.5. The number of hydrogen-bond acceptors (Lipinski definition) is 9. The van der Waals surface area contributed by atoms with Crippen molar-refractivity contribution in [3.8, 4) is 34.2 Å². The van der Waals surface area contributed by atoms with E-state index in [1.165, 1.54) is 0 Å². The second kappa shape index (κ2) is 9.42. The van der Waals surface area contributed by atoms with Gasteiger partial charge in [-0.2, -0.15) is 0 Å². The van der Waals surface area contributed by atoms with Crippen LogP contribution in [0.3, 0.4) is 0 Å². The first-order valence-corrected chi connectivity index (χ1v) is 10.1. The number of aryl methyl sites for hydroxylation is 2. The summed E-state index contributed by atoms with van der Waals surface area (Å²) in [6.45, 7) is 4.39. The normalized spacial score (nSPS) is 10.8. The molecule has 9 nitrogen and oxygen atoms in total. The molecule has 4 aromatic rings. The predicted octanol–water partition coefficient (Wildman–Crippen LogP) is 3.88. The van der Waals surface area contributed by atoms with E-state index < -0.39 is 0 Å². The van der Waals surface area contributed by atoms with Gasteiger partial charge in [-0.05, 0) is 38.0 Å². The summed E-state index contributed by atoms with van der Waals surface area (Å²) in [5.74, 6) is 2.47. The molecular weight excluding hydrogens is 408 g/mol. The van der Waals surface area contributed by atoms with Gasteiger partial charge in [0.05, 0.1) is 37.4 Å². The monoisotopic (exact) mass is 432 g/mol. The molecule has 0 aliphatic rings. The Bertz CT molecular complexity index is 1210. The zero-order valence-electron chi connectivity index (χ0n) is 18.4. The summed E-state index contributed by atoms with van der Waals surface area (Å²) in [6, 6.07) is 7.71. The van der Waals surface area contributed by atoms with Crippen LogP contribution in [0.1, 0.15) is 17.0 Å². The van der Waals surface area contributed by atoms with Crippen LogP contribution in [0, 0.1) is 13.8 Å². The predicted molar refractivity (Wildman–Crippen MR) is 120 cm³/mol. The fourth-order valence-corrected chi connectivity index (χ4v) is 3.20. The molecule has 4 rings (SSSR count). The minimum absolute atomic E-state index is 0.489. The van der Waals surface area contributed by atoms with Gasteiger partial charge in [0, 0.05) is 25.0 Å². The van der Waals surface area contributed by atoms with Gasteiger partial charge >= 0.3 is 0 Å². The third kappa shape index (κ3) is 4.66. The highest BCUT2D eigenvalue weighted by molar-refractivity contribution is 5.76. The first kappa shape index (κ1) is 21.2. The number of methoxy groups -OCH3 is 2. The van der Waals surface area contributed by atoms with Crippen LogP contribution in [0.4, 0.5) is 5.95 Å². The lowest BCUT2D eigenvalue weighted by atomic mass is 10.1. The van der Waals surface area contributed by atoms with Crippen LogP contribution < -0.4 is 14.8 Å². The van der Waals surface area contributed by atoms with Crippen molar-refractivity contribution in [2.24, 2.45) is 0 Å². The lowest BCUT2D eigenvalue weighted by Gasteiger charge is -2.11. The maximum Gasteiger partial charge on any atom is 0.223 e. The Morgan fingerprint density at radius 1 is 0.906 bits per heavy atom. The van der Waals surface area contributed by atoms with E-state index >= 15 is 0 Å². The van der Waals surface area contributed by atoms with Gasteiger partial charge in [0.15, 0.2) is 17.3 Å². The van der Waals surface area contributed by atoms with E-state index in [9.17, 15) is 0 Å². The topological polar surface area (TPSA) is 108 Å². The molecule has 3 aromatic heterocycles. The molecule has 0 unspecified atom stereocenters. The Morgan fingerprint density at radius 2 is 1.75 bits per heavy atom. The molecule has 1 N–H and O–H groups in total. The second-order valence-corrected chi connectivity index (χ2v) is 7.20. The fraction of sp³-hybridized carbons (Fsp3) is 0.261. The molecule has 0 atom stereocenters. The van der Waals surface area contributed by atoms with E-state index in [1.54, 1.807) is 32.8 Å². The Kier molecular flexibility index (Phi) is 6.25. The smallest absolute Gasteiger partial charge is 0.223 e. The zero-order valence-corrected chi connectivity index (χ0v) is 18.4. The molecule has 9 heteroatoms. The van der Waals surface area contributed by atoms with Gasteiger partial charge in [-0.15, -0.1) is 0 Å². The third-order valence-corrected chi connectivity index (χ3v) is 4.85. The summed E-state index contributed by atoms with van der Waals surface area (Å²) in [4.78, 5) is 18.0. The number of nitrogens with zero attached hydrogens (tertiary/aromatic N) is 5. The second-order valence-electron chi connectivity index (χ2n) is 7.20. The molecule has 0 aliphatic carbocycles.